The van der Waals surface area contributed by atoms with E-state index in [0.717, 1.165) is 16.3 Å². The first-order valence-corrected chi connectivity index (χ1v) is 9.46. The molecule has 4 rings (SSSR count). The molecule has 0 aliphatic heterocycles. The molecule has 0 radical (unpaired) electrons. The van der Waals surface area contributed by atoms with E-state index in [-0.39, 0.29) is 5.91 Å². The summed E-state index contributed by atoms with van der Waals surface area (Å²) < 4.78 is 2.46. The summed E-state index contributed by atoms with van der Waals surface area (Å²) in [5.41, 5.74) is 2.97. The van der Waals surface area contributed by atoms with Crippen molar-refractivity contribution in [2.75, 3.05) is 7.05 Å². The Morgan fingerprint density at radius 1 is 1.22 bits per heavy atom. The standard InChI is InChI=1S/C19H16ClN5OS/c1-24(12-13-9-10-25(23-13)14-5-3-2-4-6-14)19(26)15-11-21-22-18(15)16-7-8-17(20)27-16/h2-11H,12H2,1H3,(H,21,22). The van der Waals surface area contributed by atoms with Gasteiger partial charge in [0, 0.05) is 13.2 Å². The minimum Gasteiger partial charge on any atom is -0.336 e. The molecular formula is C19H16ClN5OS. The number of nitrogens with zero attached hydrogens (tertiary/aromatic N) is 4. The summed E-state index contributed by atoms with van der Waals surface area (Å²) in [5, 5.41) is 11.5. The van der Waals surface area contributed by atoms with Gasteiger partial charge in [0.2, 0.25) is 0 Å². The predicted molar refractivity (Wildman–Crippen MR) is 106 cm³/mol. The average molecular weight is 398 g/mol. The van der Waals surface area contributed by atoms with Gasteiger partial charge in [-0.05, 0) is 30.3 Å². The quantitative estimate of drug-likeness (QED) is 0.547. The van der Waals surface area contributed by atoms with E-state index in [2.05, 4.69) is 15.3 Å². The number of carbonyl (C=O) groups excluding carboxylic acids is 1. The Labute approximate surface area is 165 Å². The van der Waals surface area contributed by atoms with Gasteiger partial charge in [0.05, 0.1) is 44.6 Å². The van der Waals surface area contributed by atoms with E-state index in [1.807, 2.05) is 48.7 Å². The lowest BCUT2D eigenvalue weighted by Gasteiger charge is -2.15. The zero-order valence-electron chi connectivity index (χ0n) is 14.5. The van der Waals surface area contributed by atoms with Gasteiger partial charge < -0.3 is 4.90 Å². The summed E-state index contributed by atoms with van der Waals surface area (Å²) in [6, 6.07) is 15.4. The first kappa shape index (κ1) is 17.5. The number of aromatic amines is 1. The number of benzene rings is 1. The van der Waals surface area contributed by atoms with Gasteiger partial charge in [-0.25, -0.2) is 4.68 Å². The Hall–Kier alpha value is -2.90. The number of para-hydroxylation sites is 1. The summed E-state index contributed by atoms with van der Waals surface area (Å²) >= 11 is 7.41. The Bertz CT molecular complexity index is 1070. The number of nitrogens with one attached hydrogen (secondary N) is 1. The summed E-state index contributed by atoms with van der Waals surface area (Å²) in [5.74, 6) is -0.127. The zero-order valence-corrected chi connectivity index (χ0v) is 16.0. The minimum absolute atomic E-state index is 0.127. The topological polar surface area (TPSA) is 66.8 Å². The lowest BCUT2D eigenvalue weighted by molar-refractivity contribution is 0.0784. The van der Waals surface area contributed by atoms with Crippen LogP contribution in [0.3, 0.4) is 0 Å². The largest absolute Gasteiger partial charge is 0.336 e. The van der Waals surface area contributed by atoms with Crippen LogP contribution >= 0.6 is 22.9 Å². The van der Waals surface area contributed by atoms with Crippen LogP contribution in [0.1, 0.15) is 16.1 Å². The van der Waals surface area contributed by atoms with Crippen LogP contribution in [0.25, 0.3) is 16.3 Å². The van der Waals surface area contributed by atoms with E-state index in [1.165, 1.54) is 11.3 Å². The van der Waals surface area contributed by atoms with Gasteiger partial charge >= 0.3 is 0 Å². The molecule has 0 unspecified atom stereocenters. The lowest BCUT2D eigenvalue weighted by Crippen LogP contribution is -2.26. The number of thiophene rings is 1. The molecule has 0 bridgehead atoms. The van der Waals surface area contributed by atoms with Crippen LogP contribution in [-0.4, -0.2) is 37.8 Å². The van der Waals surface area contributed by atoms with E-state index >= 15 is 0 Å². The highest BCUT2D eigenvalue weighted by Gasteiger charge is 2.20. The van der Waals surface area contributed by atoms with Crippen molar-refractivity contribution in [3.8, 4) is 16.3 Å². The number of hydrogen-bond acceptors (Lipinski definition) is 4. The molecule has 0 fully saturated rings. The van der Waals surface area contributed by atoms with Crippen LogP contribution in [0.15, 0.2) is 60.9 Å². The Morgan fingerprint density at radius 3 is 2.78 bits per heavy atom. The van der Waals surface area contributed by atoms with Gasteiger partial charge in [-0.15, -0.1) is 11.3 Å². The molecule has 27 heavy (non-hydrogen) atoms. The third-order valence-corrected chi connectivity index (χ3v) is 5.35. The Balaban J connectivity index is 1.51. The van der Waals surface area contributed by atoms with Crippen molar-refractivity contribution >= 4 is 28.8 Å². The number of hydrogen-bond donors (Lipinski definition) is 1. The van der Waals surface area contributed by atoms with Crippen LogP contribution in [-0.2, 0) is 6.54 Å². The van der Waals surface area contributed by atoms with Crippen LogP contribution in [0.5, 0.6) is 0 Å². The molecule has 1 N–H and O–H groups in total. The van der Waals surface area contributed by atoms with E-state index < -0.39 is 0 Å². The van der Waals surface area contributed by atoms with E-state index in [0.29, 0.717) is 22.1 Å². The number of H-pyrrole nitrogens is 1. The predicted octanol–water partition coefficient (Wildman–Crippen LogP) is 4.25. The Kier molecular flexibility index (Phi) is 4.79. The van der Waals surface area contributed by atoms with Gasteiger partial charge in [0.1, 0.15) is 0 Å². The van der Waals surface area contributed by atoms with Crippen molar-refractivity contribution in [2.45, 2.75) is 6.54 Å². The number of halogens is 1. The molecule has 0 aliphatic rings. The van der Waals surface area contributed by atoms with Crippen molar-refractivity contribution in [1.29, 1.82) is 0 Å². The van der Waals surface area contributed by atoms with Gasteiger partial charge in [-0.2, -0.15) is 10.2 Å². The summed E-state index contributed by atoms with van der Waals surface area (Å²) in [6.07, 6.45) is 3.43. The fraction of sp³-hybridized carbons (Fsp3) is 0.105. The maximum atomic E-state index is 12.9. The number of rotatable bonds is 5. The second kappa shape index (κ2) is 7.38. The van der Waals surface area contributed by atoms with E-state index in [9.17, 15) is 4.79 Å². The molecule has 136 valence electrons. The highest BCUT2D eigenvalue weighted by molar-refractivity contribution is 7.19. The first-order valence-electron chi connectivity index (χ1n) is 8.26. The van der Waals surface area contributed by atoms with E-state index in [1.54, 1.807) is 28.9 Å². The molecule has 0 saturated carbocycles. The van der Waals surface area contributed by atoms with Crippen LogP contribution in [0.2, 0.25) is 4.34 Å². The Morgan fingerprint density at radius 2 is 2.04 bits per heavy atom. The normalized spacial score (nSPS) is 10.9. The van der Waals surface area contributed by atoms with Crippen LogP contribution in [0, 0.1) is 0 Å². The van der Waals surface area contributed by atoms with Crippen LogP contribution < -0.4 is 0 Å². The molecule has 1 amide bonds. The SMILES string of the molecule is CN(Cc1ccn(-c2ccccc2)n1)C(=O)c1cn[nH]c1-c1ccc(Cl)s1. The maximum Gasteiger partial charge on any atom is 0.257 e. The summed E-state index contributed by atoms with van der Waals surface area (Å²) in [7, 11) is 1.75. The zero-order chi connectivity index (χ0) is 18.8. The number of aromatic nitrogens is 4. The highest BCUT2D eigenvalue weighted by atomic mass is 35.5. The molecule has 0 saturated heterocycles. The fourth-order valence-corrected chi connectivity index (χ4v) is 3.83. The molecule has 1 aromatic carbocycles. The first-order chi connectivity index (χ1) is 13.1. The monoisotopic (exact) mass is 397 g/mol. The minimum atomic E-state index is -0.127. The van der Waals surface area contributed by atoms with Gasteiger partial charge in [0.15, 0.2) is 0 Å². The molecule has 0 spiro atoms. The molecular weight excluding hydrogens is 382 g/mol. The van der Waals surface area contributed by atoms with Crippen molar-refractivity contribution in [2.24, 2.45) is 0 Å². The van der Waals surface area contributed by atoms with Crippen molar-refractivity contribution in [3.63, 3.8) is 0 Å². The molecule has 3 heterocycles. The van der Waals surface area contributed by atoms with Gasteiger partial charge in [-0.3, -0.25) is 9.89 Å². The smallest absolute Gasteiger partial charge is 0.257 e. The molecule has 3 aromatic heterocycles. The highest BCUT2D eigenvalue weighted by Crippen LogP contribution is 2.32. The average Bonchev–Trinajstić information content (AvgIpc) is 3.42. The van der Waals surface area contributed by atoms with Crippen molar-refractivity contribution < 1.29 is 4.79 Å². The fourth-order valence-electron chi connectivity index (χ4n) is 2.78. The second-order valence-corrected chi connectivity index (χ2v) is 7.73. The molecule has 4 aromatic rings. The number of amides is 1. The molecule has 0 atom stereocenters. The molecule has 0 aliphatic carbocycles. The third-order valence-electron chi connectivity index (χ3n) is 4.10. The summed E-state index contributed by atoms with van der Waals surface area (Å²) in [4.78, 5) is 15.4. The molecule has 8 heteroatoms. The molecule has 6 nitrogen and oxygen atoms in total. The third kappa shape index (κ3) is 3.65. The van der Waals surface area contributed by atoms with E-state index in [4.69, 9.17) is 11.6 Å². The maximum absolute atomic E-state index is 12.9. The van der Waals surface area contributed by atoms with Crippen LogP contribution in [0.4, 0.5) is 0 Å². The lowest BCUT2D eigenvalue weighted by atomic mass is 10.2. The van der Waals surface area contributed by atoms with Crippen molar-refractivity contribution in [3.05, 3.63) is 76.5 Å². The number of carbonyl (C=O) groups is 1. The van der Waals surface area contributed by atoms with Gasteiger partial charge in [0.25, 0.3) is 5.91 Å². The van der Waals surface area contributed by atoms with Crippen molar-refractivity contribution in [1.82, 2.24) is 24.9 Å². The second-order valence-electron chi connectivity index (χ2n) is 6.01. The summed E-state index contributed by atoms with van der Waals surface area (Å²) in [6.45, 7) is 0.397. The van der Waals surface area contributed by atoms with Gasteiger partial charge in [-0.1, -0.05) is 29.8 Å².